The molecule has 1 aliphatic rings. The van der Waals surface area contributed by atoms with Crippen LogP contribution in [0.3, 0.4) is 0 Å². The molecule has 3 N–H and O–H groups in total. The Morgan fingerprint density at radius 3 is 3.08 bits per heavy atom. The number of hydrogen-bond donors (Lipinski definition) is 2. The van der Waals surface area contributed by atoms with Gasteiger partial charge in [0.2, 0.25) is 11.8 Å². The molecule has 0 bridgehead atoms. The molecule has 0 unspecified atom stereocenters. The predicted molar refractivity (Wildman–Crippen MR) is 49.6 cm³/mol. The van der Waals surface area contributed by atoms with Crippen molar-refractivity contribution in [1.29, 1.82) is 0 Å². The first-order chi connectivity index (χ1) is 6.15. The van der Waals surface area contributed by atoms with Crippen LogP contribution in [0.1, 0.15) is 10.4 Å². The van der Waals surface area contributed by atoms with E-state index in [0.717, 1.165) is 15.4 Å². The molecule has 2 heterocycles. The Balaban J connectivity index is 2.21. The first-order valence-corrected chi connectivity index (χ1v) is 4.66. The number of amides is 2. The lowest BCUT2D eigenvalue weighted by Gasteiger charge is -1.91. The van der Waals surface area contributed by atoms with Crippen LogP contribution in [0.2, 0.25) is 0 Å². The van der Waals surface area contributed by atoms with Gasteiger partial charge < -0.3 is 11.1 Å². The van der Waals surface area contributed by atoms with Crippen LogP contribution in [-0.4, -0.2) is 11.8 Å². The maximum Gasteiger partial charge on any atom is 0.229 e. The van der Waals surface area contributed by atoms with Crippen LogP contribution in [-0.2, 0) is 22.4 Å². The summed E-state index contributed by atoms with van der Waals surface area (Å²) in [6.45, 7) is 0. The van der Waals surface area contributed by atoms with E-state index < -0.39 is 0 Å². The Morgan fingerprint density at radius 2 is 2.46 bits per heavy atom. The second-order valence-electron chi connectivity index (χ2n) is 2.94. The van der Waals surface area contributed by atoms with Crippen molar-refractivity contribution < 1.29 is 9.59 Å². The van der Waals surface area contributed by atoms with E-state index in [1.54, 1.807) is 0 Å². The van der Waals surface area contributed by atoms with Crippen molar-refractivity contribution in [3.63, 3.8) is 0 Å². The lowest BCUT2D eigenvalue weighted by molar-refractivity contribution is -0.117. The van der Waals surface area contributed by atoms with Crippen LogP contribution in [0.5, 0.6) is 0 Å². The lowest BCUT2D eigenvalue weighted by atomic mass is 10.2. The molecule has 1 aromatic rings. The van der Waals surface area contributed by atoms with E-state index in [-0.39, 0.29) is 18.2 Å². The van der Waals surface area contributed by atoms with E-state index in [9.17, 15) is 9.59 Å². The Hall–Kier alpha value is -1.36. The van der Waals surface area contributed by atoms with Gasteiger partial charge in [0.15, 0.2) is 0 Å². The summed E-state index contributed by atoms with van der Waals surface area (Å²) >= 11 is 1.42. The smallest absolute Gasteiger partial charge is 0.229 e. The number of nitrogens with two attached hydrogens (primary N) is 1. The van der Waals surface area contributed by atoms with Gasteiger partial charge in [-0.15, -0.1) is 11.3 Å². The number of hydrogen-bond acceptors (Lipinski definition) is 3. The molecule has 1 aliphatic heterocycles. The summed E-state index contributed by atoms with van der Waals surface area (Å²) in [5, 5.41) is 3.58. The summed E-state index contributed by atoms with van der Waals surface area (Å²) in [4.78, 5) is 22.4. The van der Waals surface area contributed by atoms with Crippen molar-refractivity contribution in [3.8, 4) is 0 Å². The normalized spacial score (nSPS) is 14.0. The molecular formula is C8H8N2O2S. The van der Waals surface area contributed by atoms with E-state index in [1.807, 2.05) is 6.07 Å². The third kappa shape index (κ3) is 1.55. The molecule has 2 amide bonds. The Bertz CT molecular complexity index is 358. The number of nitrogens with one attached hydrogen (secondary N) is 1. The highest BCUT2D eigenvalue weighted by Crippen LogP contribution is 2.32. The monoisotopic (exact) mass is 196 g/mol. The first-order valence-electron chi connectivity index (χ1n) is 3.85. The Morgan fingerprint density at radius 1 is 1.69 bits per heavy atom. The molecule has 0 saturated heterocycles. The molecule has 68 valence electrons. The van der Waals surface area contributed by atoms with E-state index in [1.165, 1.54) is 11.3 Å². The molecule has 13 heavy (non-hydrogen) atoms. The minimum absolute atomic E-state index is 0.0203. The summed E-state index contributed by atoms with van der Waals surface area (Å²) in [5.74, 6) is -0.321. The third-order valence-corrected chi connectivity index (χ3v) is 2.91. The SMILES string of the molecule is NC(=O)Cc1cc2c(s1)NC(=O)C2. The van der Waals surface area contributed by atoms with E-state index in [4.69, 9.17) is 5.73 Å². The number of carbonyl (C=O) groups excluding carboxylic acids is 2. The fourth-order valence-corrected chi connectivity index (χ4v) is 2.43. The molecule has 0 saturated carbocycles. The van der Waals surface area contributed by atoms with Crippen molar-refractivity contribution in [3.05, 3.63) is 16.5 Å². The van der Waals surface area contributed by atoms with Crippen molar-refractivity contribution in [2.45, 2.75) is 12.8 Å². The van der Waals surface area contributed by atoms with Gasteiger partial charge in [0, 0.05) is 4.88 Å². The largest absolute Gasteiger partial charge is 0.369 e. The van der Waals surface area contributed by atoms with Gasteiger partial charge in [0.1, 0.15) is 0 Å². The van der Waals surface area contributed by atoms with Crippen molar-refractivity contribution in [1.82, 2.24) is 0 Å². The Labute approximate surface area is 78.7 Å². The fraction of sp³-hybridized carbons (Fsp3) is 0.250. The number of primary amides is 1. The maximum absolute atomic E-state index is 10.9. The highest BCUT2D eigenvalue weighted by molar-refractivity contribution is 7.16. The molecule has 0 spiro atoms. The van der Waals surface area contributed by atoms with Crippen molar-refractivity contribution >= 4 is 28.2 Å². The quantitative estimate of drug-likeness (QED) is 0.712. The van der Waals surface area contributed by atoms with Gasteiger partial charge >= 0.3 is 0 Å². The molecule has 0 fully saturated rings. The number of anilines is 1. The Kier molecular flexibility index (Phi) is 1.81. The molecule has 4 nitrogen and oxygen atoms in total. The first kappa shape index (κ1) is 8.25. The summed E-state index contributed by atoms with van der Waals surface area (Å²) in [7, 11) is 0. The van der Waals surface area contributed by atoms with Crippen LogP contribution < -0.4 is 11.1 Å². The van der Waals surface area contributed by atoms with Gasteiger partial charge in [0.25, 0.3) is 0 Å². The standard InChI is InChI=1S/C8H8N2O2S/c9-6(11)3-5-1-4-2-7(12)10-8(4)13-5/h1H,2-3H2,(H2,9,11)(H,10,12). The second-order valence-corrected chi connectivity index (χ2v) is 4.07. The molecule has 5 heteroatoms. The van der Waals surface area contributed by atoms with Crippen LogP contribution in [0.15, 0.2) is 6.07 Å². The van der Waals surface area contributed by atoms with Gasteiger partial charge in [-0.3, -0.25) is 9.59 Å². The zero-order valence-electron chi connectivity index (χ0n) is 6.79. The van der Waals surface area contributed by atoms with Gasteiger partial charge in [0.05, 0.1) is 17.8 Å². The summed E-state index contributed by atoms with van der Waals surface area (Å²) in [6, 6.07) is 1.86. The predicted octanol–water partition coefficient (Wildman–Crippen LogP) is 0.270. The maximum atomic E-state index is 10.9. The van der Waals surface area contributed by atoms with Gasteiger partial charge in [-0.1, -0.05) is 0 Å². The molecule has 0 aliphatic carbocycles. The number of fused-ring (bicyclic) bond motifs is 1. The molecule has 0 aromatic carbocycles. The van der Waals surface area contributed by atoms with Crippen molar-refractivity contribution in [2.24, 2.45) is 5.73 Å². The molecule has 0 atom stereocenters. The number of rotatable bonds is 2. The van der Waals surface area contributed by atoms with Crippen LogP contribution in [0, 0.1) is 0 Å². The lowest BCUT2D eigenvalue weighted by Crippen LogP contribution is -2.12. The van der Waals surface area contributed by atoms with Crippen molar-refractivity contribution in [2.75, 3.05) is 5.32 Å². The third-order valence-electron chi connectivity index (χ3n) is 1.81. The fourth-order valence-electron chi connectivity index (χ4n) is 1.33. The zero-order chi connectivity index (χ0) is 9.42. The summed E-state index contributed by atoms with van der Waals surface area (Å²) < 4.78 is 0. The topological polar surface area (TPSA) is 72.2 Å². The number of thiophene rings is 1. The van der Waals surface area contributed by atoms with Crippen LogP contribution >= 0.6 is 11.3 Å². The van der Waals surface area contributed by atoms with Gasteiger partial charge in [-0.05, 0) is 11.6 Å². The molecule has 1 aromatic heterocycles. The van der Waals surface area contributed by atoms with E-state index >= 15 is 0 Å². The molecule has 2 rings (SSSR count). The van der Waals surface area contributed by atoms with Gasteiger partial charge in [-0.25, -0.2) is 0 Å². The summed E-state index contributed by atoms with van der Waals surface area (Å²) in [5.41, 5.74) is 6.03. The summed E-state index contributed by atoms with van der Waals surface area (Å²) in [6.07, 6.45) is 0.679. The zero-order valence-corrected chi connectivity index (χ0v) is 7.61. The van der Waals surface area contributed by atoms with E-state index in [2.05, 4.69) is 5.32 Å². The average Bonchev–Trinajstić information content (AvgIpc) is 2.41. The molecular weight excluding hydrogens is 188 g/mol. The van der Waals surface area contributed by atoms with Gasteiger partial charge in [-0.2, -0.15) is 0 Å². The minimum atomic E-state index is -0.341. The average molecular weight is 196 g/mol. The van der Waals surface area contributed by atoms with Crippen LogP contribution in [0.25, 0.3) is 0 Å². The second kappa shape index (κ2) is 2.85. The van der Waals surface area contributed by atoms with Crippen LogP contribution in [0.4, 0.5) is 5.00 Å². The highest BCUT2D eigenvalue weighted by atomic mass is 32.1. The number of carbonyl (C=O) groups is 2. The highest BCUT2D eigenvalue weighted by Gasteiger charge is 2.20. The van der Waals surface area contributed by atoms with E-state index in [0.29, 0.717) is 6.42 Å². The molecule has 0 radical (unpaired) electrons. The minimum Gasteiger partial charge on any atom is -0.369 e.